The van der Waals surface area contributed by atoms with E-state index in [1.165, 1.54) is 5.56 Å². The molecule has 340 valence electrons. The van der Waals surface area contributed by atoms with E-state index in [4.69, 9.17) is 0 Å². The number of Topliss-reactive ketones (excluding diaryl/α,β-unsaturated/α-hetero) is 5. The first-order valence-electron chi connectivity index (χ1n) is 22.6. The van der Waals surface area contributed by atoms with E-state index in [1.807, 2.05) is 93.5 Å². The van der Waals surface area contributed by atoms with E-state index in [-0.39, 0.29) is 52.8 Å². The number of hydrogen-bond donors (Lipinski definition) is 2. The molecule has 0 bridgehead atoms. The minimum absolute atomic E-state index is 0.0206. The Kier molecular flexibility index (Phi) is 35.8. The first kappa shape index (κ1) is 59.8. The minimum atomic E-state index is -0.0206. The van der Waals surface area contributed by atoms with Gasteiger partial charge < -0.3 is 10.6 Å². The number of unbranched alkanes of at least 4 members (excludes halogenated alkanes) is 1. The van der Waals surface area contributed by atoms with Crippen LogP contribution in [0.1, 0.15) is 203 Å². The maximum Gasteiger partial charge on any atom is 0.220 e. The molecule has 0 aliphatic carbocycles. The third kappa shape index (κ3) is 37.3. The highest BCUT2D eigenvalue weighted by molar-refractivity contribution is 5.97. The highest BCUT2D eigenvalue weighted by Gasteiger charge is 2.12. The van der Waals surface area contributed by atoms with E-state index >= 15 is 0 Å². The van der Waals surface area contributed by atoms with Crippen LogP contribution in [0.15, 0.2) is 24.3 Å². The van der Waals surface area contributed by atoms with Crippen molar-refractivity contribution in [3.8, 4) is 0 Å². The predicted octanol–water partition coefficient (Wildman–Crippen LogP) is 11.3. The summed E-state index contributed by atoms with van der Waals surface area (Å²) in [5.74, 6) is 3.74. The Labute approximate surface area is 361 Å². The van der Waals surface area contributed by atoms with E-state index < -0.39 is 0 Å². The minimum Gasteiger partial charge on any atom is -0.356 e. The molecule has 1 aromatic rings. The van der Waals surface area contributed by atoms with Crippen molar-refractivity contribution in [2.75, 3.05) is 13.1 Å². The van der Waals surface area contributed by atoms with Crippen LogP contribution in [0.4, 0.5) is 0 Å². The summed E-state index contributed by atoms with van der Waals surface area (Å²) in [6.45, 7) is 33.4. The van der Waals surface area contributed by atoms with Crippen molar-refractivity contribution in [2.24, 2.45) is 41.4 Å². The van der Waals surface area contributed by atoms with Crippen molar-refractivity contribution in [2.45, 2.75) is 187 Å². The third-order valence-electron chi connectivity index (χ3n) is 9.29. The van der Waals surface area contributed by atoms with Crippen LogP contribution in [0.2, 0.25) is 0 Å². The summed E-state index contributed by atoms with van der Waals surface area (Å²) in [4.78, 5) is 79.3. The van der Waals surface area contributed by atoms with Crippen LogP contribution in [0.5, 0.6) is 0 Å². The highest BCUT2D eigenvalue weighted by Crippen LogP contribution is 2.16. The van der Waals surface area contributed by atoms with E-state index in [0.29, 0.717) is 86.7 Å². The Hall–Kier alpha value is -3.49. The molecule has 0 radical (unpaired) electrons. The smallest absolute Gasteiger partial charge is 0.220 e. The van der Waals surface area contributed by atoms with Crippen molar-refractivity contribution in [3.63, 3.8) is 0 Å². The largest absolute Gasteiger partial charge is 0.356 e. The van der Waals surface area contributed by atoms with Crippen LogP contribution in [0.3, 0.4) is 0 Å². The summed E-state index contributed by atoms with van der Waals surface area (Å²) in [5.41, 5.74) is 2.11. The van der Waals surface area contributed by atoms with Crippen LogP contribution in [0.25, 0.3) is 0 Å². The zero-order valence-corrected chi connectivity index (χ0v) is 40.5. The number of benzene rings is 1. The average molecular weight is 829 g/mol. The molecule has 0 saturated heterocycles. The molecule has 9 nitrogen and oxygen atoms in total. The SMILES string of the molecule is CC(C)C(=O)c1ccc(C(C)C)cc1.CC(C)CCC(=O)CCCC(=O)C(C)C.CC(C)CNC(=O)CCC(=O)C(C)C.CC(C)CNC(=O)CCCCC(=O)C(C)C. The summed E-state index contributed by atoms with van der Waals surface area (Å²) in [5, 5.41) is 5.65. The maximum atomic E-state index is 11.6. The van der Waals surface area contributed by atoms with Gasteiger partial charge in [-0.2, -0.15) is 0 Å². The molecular formula is C50H88N2O7. The number of ketones is 5. The van der Waals surface area contributed by atoms with Crippen LogP contribution in [-0.4, -0.2) is 53.8 Å². The van der Waals surface area contributed by atoms with Gasteiger partial charge in [-0.1, -0.05) is 135 Å². The lowest BCUT2D eigenvalue weighted by Gasteiger charge is -2.07. The zero-order valence-electron chi connectivity index (χ0n) is 40.5. The Morgan fingerprint density at radius 1 is 0.424 bits per heavy atom. The molecule has 1 rings (SSSR count). The van der Waals surface area contributed by atoms with Crippen LogP contribution in [-0.2, 0) is 28.8 Å². The van der Waals surface area contributed by atoms with Gasteiger partial charge in [0.05, 0.1) is 0 Å². The van der Waals surface area contributed by atoms with Gasteiger partial charge in [0.2, 0.25) is 11.8 Å². The Bertz CT molecular complexity index is 1340. The Morgan fingerprint density at radius 2 is 0.831 bits per heavy atom. The quantitative estimate of drug-likeness (QED) is 0.0737. The van der Waals surface area contributed by atoms with Crippen LogP contribution in [0, 0.1) is 41.4 Å². The molecule has 0 aromatic heterocycles. The Morgan fingerprint density at radius 3 is 1.22 bits per heavy atom. The second-order valence-corrected chi connectivity index (χ2v) is 18.6. The number of amides is 2. The van der Waals surface area contributed by atoms with E-state index in [9.17, 15) is 33.6 Å². The van der Waals surface area contributed by atoms with Crippen LogP contribution < -0.4 is 10.6 Å². The molecule has 0 fully saturated rings. The second kappa shape index (κ2) is 35.3. The van der Waals surface area contributed by atoms with Gasteiger partial charge in [-0.3, -0.25) is 33.6 Å². The fourth-order valence-corrected chi connectivity index (χ4v) is 4.90. The number of rotatable bonds is 25. The first-order valence-corrected chi connectivity index (χ1v) is 22.6. The molecule has 59 heavy (non-hydrogen) atoms. The number of carbonyl (C=O) groups is 7. The predicted molar refractivity (Wildman–Crippen MR) is 246 cm³/mol. The van der Waals surface area contributed by atoms with Crippen molar-refractivity contribution in [3.05, 3.63) is 35.4 Å². The van der Waals surface area contributed by atoms with E-state index in [0.717, 1.165) is 37.8 Å². The van der Waals surface area contributed by atoms with Gasteiger partial charge in [-0.15, -0.1) is 0 Å². The lowest BCUT2D eigenvalue weighted by Crippen LogP contribution is -2.27. The van der Waals surface area contributed by atoms with Gasteiger partial charge in [-0.25, -0.2) is 0 Å². The van der Waals surface area contributed by atoms with E-state index in [1.54, 1.807) is 0 Å². The van der Waals surface area contributed by atoms with Gasteiger partial charge >= 0.3 is 0 Å². The first-order chi connectivity index (χ1) is 27.3. The van der Waals surface area contributed by atoms with Gasteiger partial charge in [-0.05, 0) is 54.9 Å². The van der Waals surface area contributed by atoms with Gasteiger partial charge in [0, 0.05) is 87.3 Å². The maximum absolute atomic E-state index is 11.6. The van der Waals surface area contributed by atoms with Gasteiger partial charge in [0.15, 0.2) is 5.78 Å². The summed E-state index contributed by atoms with van der Waals surface area (Å²) in [6, 6.07) is 7.94. The normalized spacial score (nSPS) is 10.9. The molecule has 9 heteroatoms. The summed E-state index contributed by atoms with van der Waals surface area (Å²) in [7, 11) is 0. The van der Waals surface area contributed by atoms with E-state index in [2.05, 4.69) is 52.2 Å². The number of carbonyl (C=O) groups excluding carboxylic acids is 7. The zero-order chi connectivity index (χ0) is 46.2. The molecule has 2 N–H and O–H groups in total. The van der Waals surface area contributed by atoms with Crippen molar-refractivity contribution in [1.29, 1.82) is 0 Å². The molecule has 0 spiro atoms. The lowest BCUT2D eigenvalue weighted by molar-refractivity contribution is -0.126. The molecule has 1 aromatic carbocycles. The average Bonchev–Trinajstić information content (AvgIpc) is 3.16. The van der Waals surface area contributed by atoms with Crippen molar-refractivity contribution >= 4 is 40.7 Å². The lowest BCUT2D eigenvalue weighted by atomic mass is 9.97. The molecule has 0 aliphatic heterocycles. The third-order valence-corrected chi connectivity index (χ3v) is 9.29. The van der Waals surface area contributed by atoms with Gasteiger partial charge in [0.1, 0.15) is 23.1 Å². The second-order valence-electron chi connectivity index (χ2n) is 18.6. The number of hydrogen-bond acceptors (Lipinski definition) is 7. The summed E-state index contributed by atoms with van der Waals surface area (Å²) >= 11 is 0. The molecule has 0 saturated carbocycles. The number of nitrogens with one attached hydrogen (secondary N) is 2. The molecular weight excluding hydrogens is 741 g/mol. The fraction of sp³-hybridized carbons (Fsp3) is 0.740. The monoisotopic (exact) mass is 829 g/mol. The molecule has 0 aliphatic rings. The summed E-state index contributed by atoms with van der Waals surface area (Å²) in [6.07, 6.45) is 6.97. The fourth-order valence-electron chi connectivity index (χ4n) is 4.90. The molecule has 0 heterocycles. The topological polar surface area (TPSA) is 144 Å². The highest BCUT2D eigenvalue weighted by atomic mass is 16.2. The van der Waals surface area contributed by atoms with Crippen LogP contribution >= 0.6 is 0 Å². The Balaban J connectivity index is -0.000000710. The van der Waals surface area contributed by atoms with Crippen molar-refractivity contribution in [1.82, 2.24) is 10.6 Å². The summed E-state index contributed by atoms with van der Waals surface area (Å²) < 4.78 is 0. The van der Waals surface area contributed by atoms with Gasteiger partial charge in [0.25, 0.3) is 0 Å². The van der Waals surface area contributed by atoms with Crippen molar-refractivity contribution < 1.29 is 33.6 Å². The standard InChI is InChI=1S/C13H25NO2.C13H24O2.C13H18O.C11H21NO2/c1-10(2)9-14-13(16)8-6-5-7-12(15)11(3)4;1-10(2)8-9-12(14)6-5-7-13(15)11(3)4;1-9(2)11-5-7-12(8-6-11)13(14)10(3)4;1-8(2)7-12-11(14)6-5-10(13)9(3)4/h10-11H,5-9H2,1-4H3,(H,14,16);10-11H,5-9H2,1-4H3;5-10H,1-4H3;8-9H,5-7H2,1-4H3,(H,12,14). The molecule has 0 atom stereocenters. The molecule has 0 unspecified atom stereocenters. The molecule has 2 amide bonds.